The van der Waals surface area contributed by atoms with E-state index in [0.717, 1.165) is 37.1 Å². The summed E-state index contributed by atoms with van der Waals surface area (Å²) in [6.07, 6.45) is 8.70. The van der Waals surface area contributed by atoms with Gasteiger partial charge in [-0.2, -0.15) is 5.10 Å². The average molecular weight is 330 g/mol. The molecule has 0 spiro atoms. The van der Waals surface area contributed by atoms with Gasteiger partial charge in [0.25, 0.3) is 5.91 Å². The van der Waals surface area contributed by atoms with Crippen molar-refractivity contribution >= 4 is 11.8 Å². The molecule has 1 N–H and O–H groups in total. The maximum Gasteiger partial charge on any atom is 0.257 e. The zero-order chi connectivity index (χ0) is 16.7. The molecule has 4 rings (SSSR count). The number of hydrogen-bond acceptors (Lipinski definition) is 3. The van der Waals surface area contributed by atoms with Gasteiger partial charge in [0.2, 0.25) is 5.91 Å². The molecule has 24 heavy (non-hydrogen) atoms. The van der Waals surface area contributed by atoms with Crippen LogP contribution >= 0.6 is 0 Å². The van der Waals surface area contributed by atoms with Crippen LogP contribution in [0.2, 0.25) is 0 Å². The van der Waals surface area contributed by atoms with Crippen LogP contribution in [0.4, 0.5) is 0 Å². The van der Waals surface area contributed by atoms with Crippen molar-refractivity contribution in [2.24, 2.45) is 11.8 Å². The molecule has 3 fully saturated rings. The van der Waals surface area contributed by atoms with Crippen LogP contribution in [0.15, 0.2) is 6.20 Å². The van der Waals surface area contributed by atoms with Crippen molar-refractivity contribution in [3.05, 3.63) is 17.5 Å². The van der Waals surface area contributed by atoms with Crippen LogP contribution < -0.4 is 0 Å². The highest BCUT2D eigenvalue weighted by Gasteiger charge is 2.44. The van der Waals surface area contributed by atoms with E-state index in [1.54, 1.807) is 11.1 Å². The summed E-state index contributed by atoms with van der Waals surface area (Å²) >= 11 is 0. The lowest BCUT2D eigenvalue weighted by Gasteiger charge is -2.30. The van der Waals surface area contributed by atoms with Crippen molar-refractivity contribution < 1.29 is 9.59 Å². The maximum atomic E-state index is 13.0. The summed E-state index contributed by atoms with van der Waals surface area (Å²) in [5.41, 5.74) is 1.74. The Labute approximate surface area is 142 Å². The molecular formula is C18H26N4O2. The minimum absolute atomic E-state index is 0.0160. The predicted molar refractivity (Wildman–Crippen MR) is 89.6 cm³/mol. The second-order valence-corrected chi connectivity index (χ2v) is 7.66. The van der Waals surface area contributed by atoms with Gasteiger partial charge < -0.3 is 9.80 Å². The van der Waals surface area contributed by atoms with Crippen LogP contribution in [0.5, 0.6) is 0 Å². The van der Waals surface area contributed by atoms with Crippen LogP contribution in [-0.4, -0.2) is 58.5 Å². The van der Waals surface area contributed by atoms with Gasteiger partial charge in [-0.25, -0.2) is 0 Å². The Hall–Kier alpha value is -1.85. The van der Waals surface area contributed by atoms with Gasteiger partial charge in [0, 0.05) is 32.6 Å². The minimum Gasteiger partial charge on any atom is -0.345 e. The zero-order valence-corrected chi connectivity index (χ0v) is 14.3. The van der Waals surface area contributed by atoms with Crippen molar-refractivity contribution in [2.45, 2.75) is 44.4 Å². The normalized spacial score (nSPS) is 28.3. The molecule has 0 unspecified atom stereocenters. The summed E-state index contributed by atoms with van der Waals surface area (Å²) in [5, 5.41) is 7.25. The molecule has 1 aliphatic carbocycles. The van der Waals surface area contributed by atoms with E-state index in [2.05, 4.69) is 10.2 Å². The second-order valence-electron chi connectivity index (χ2n) is 7.66. The number of nitrogens with one attached hydrogen (secondary N) is 1. The first-order chi connectivity index (χ1) is 11.6. The third-order valence-corrected chi connectivity index (χ3v) is 6.17. The fourth-order valence-electron chi connectivity index (χ4n) is 4.70. The highest BCUT2D eigenvalue weighted by Crippen LogP contribution is 2.36. The number of likely N-dealkylation sites (tertiary alicyclic amines) is 2. The van der Waals surface area contributed by atoms with Crippen molar-refractivity contribution in [3.63, 3.8) is 0 Å². The number of rotatable bonds is 2. The number of carbonyl (C=O) groups excluding carboxylic acids is 2. The number of hydrogen-bond donors (Lipinski definition) is 1. The molecule has 2 amide bonds. The molecule has 130 valence electrons. The molecule has 3 heterocycles. The van der Waals surface area contributed by atoms with E-state index in [1.165, 1.54) is 19.3 Å². The molecule has 0 bridgehead atoms. The van der Waals surface area contributed by atoms with Crippen molar-refractivity contribution in [2.75, 3.05) is 26.7 Å². The Bertz CT molecular complexity index is 635. The Morgan fingerprint density at radius 2 is 2.00 bits per heavy atom. The van der Waals surface area contributed by atoms with Crippen LogP contribution in [-0.2, 0) is 4.79 Å². The quantitative estimate of drug-likeness (QED) is 0.902. The Balaban J connectivity index is 1.51. The highest BCUT2D eigenvalue weighted by molar-refractivity contribution is 5.96. The fourth-order valence-corrected chi connectivity index (χ4v) is 4.70. The Kier molecular flexibility index (Phi) is 4.06. The van der Waals surface area contributed by atoms with E-state index in [0.29, 0.717) is 24.9 Å². The number of aromatic nitrogens is 2. The average Bonchev–Trinajstić information content (AvgIpc) is 3.25. The lowest BCUT2D eigenvalue weighted by Crippen LogP contribution is -2.42. The van der Waals surface area contributed by atoms with E-state index in [-0.39, 0.29) is 17.7 Å². The summed E-state index contributed by atoms with van der Waals surface area (Å²) in [5.74, 6) is 0.980. The van der Waals surface area contributed by atoms with Crippen molar-refractivity contribution in [3.8, 4) is 0 Å². The third kappa shape index (κ3) is 2.62. The van der Waals surface area contributed by atoms with E-state index in [1.807, 2.05) is 11.9 Å². The number of carbonyl (C=O) groups is 2. The molecular weight excluding hydrogens is 304 g/mol. The molecule has 0 radical (unpaired) electrons. The van der Waals surface area contributed by atoms with E-state index >= 15 is 0 Å². The number of nitrogens with zero attached hydrogens (tertiary/aromatic N) is 3. The van der Waals surface area contributed by atoms with Gasteiger partial charge in [-0.3, -0.25) is 14.7 Å². The van der Waals surface area contributed by atoms with Crippen molar-refractivity contribution in [1.82, 2.24) is 20.0 Å². The molecule has 1 aromatic heterocycles. The van der Waals surface area contributed by atoms with Crippen LogP contribution in [0.25, 0.3) is 0 Å². The highest BCUT2D eigenvalue weighted by atomic mass is 16.2. The standard InChI is InChI=1S/C18H26N4O2/c1-21-8-7-13-10-22(11-15(13)17(21)23)18(24)14-9-19-20-16(14)12-5-3-2-4-6-12/h9,12-13,15H,2-8,10-11H2,1H3,(H,19,20)/t13-,15+/m1/s1. The third-order valence-electron chi connectivity index (χ3n) is 6.17. The van der Waals surface area contributed by atoms with Gasteiger partial charge in [0.05, 0.1) is 23.4 Å². The number of aromatic amines is 1. The maximum absolute atomic E-state index is 13.0. The second kappa shape index (κ2) is 6.22. The SMILES string of the molecule is CN1CC[C@@H]2CN(C(=O)c3cn[nH]c3C3CCCCC3)C[C@@H]2C1=O. The van der Waals surface area contributed by atoms with E-state index in [4.69, 9.17) is 0 Å². The predicted octanol–water partition coefficient (Wildman–Crippen LogP) is 2.01. The molecule has 1 aromatic rings. The zero-order valence-electron chi connectivity index (χ0n) is 14.3. The lowest BCUT2D eigenvalue weighted by atomic mass is 9.85. The number of fused-ring (bicyclic) bond motifs is 1. The molecule has 6 heteroatoms. The first-order valence-electron chi connectivity index (χ1n) is 9.22. The van der Waals surface area contributed by atoms with E-state index < -0.39 is 0 Å². The van der Waals surface area contributed by atoms with Gasteiger partial charge in [0.1, 0.15) is 0 Å². The number of H-pyrrole nitrogens is 1. The van der Waals surface area contributed by atoms with Gasteiger partial charge in [-0.1, -0.05) is 19.3 Å². The first-order valence-corrected chi connectivity index (χ1v) is 9.22. The molecule has 2 atom stereocenters. The van der Waals surface area contributed by atoms with Crippen LogP contribution in [0.3, 0.4) is 0 Å². The first kappa shape index (κ1) is 15.7. The molecule has 2 aliphatic heterocycles. The minimum atomic E-state index is -0.0160. The van der Waals surface area contributed by atoms with Crippen LogP contribution in [0, 0.1) is 11.8 Å². The number of amides is 2. The molecule has 1 saturated carbocycles. The van der Waals surface area contributed by atoms with Gasteiger partial charge in [-0.05, 0) is 25.2 Å². The summed E-state index contributed by atoms with van der Waals surface area (Å²) in [6.45, 7) is 2.07. The van der Waals surface area contributed by atoms with Gasteiger partial charge in [-0.15, -0.1) is 0 Å². The Morgan fingerprint density at radius 1 is 1.21 bits per heavy atom. The summed E-state index contributed by atoms with van der Waals surface area (Å²) in [7, 11) is 1.86. The van der Waals surface area contributed by atoms with E-state index in [9.17, 15) is 9.59 Å². The summed E-state index contributed by atoms with van der Waals surface area (Å²) in [4.78, 5) is 29.1. The van der Waals surface area contributed by atoms with Gasteiger partial charge in [0.15, 0.2) is 0 Å². The lowest BCUT2D eigenvalue weighted by molar-refractivity contribution is -0.137. The van der Waals surface area contributed by atoms with Crippen LogP contribution in [0.1, 0.15) is 60.5 Å². The molecule has 3 aliphatic rings. The largest absolute Gasteiger partial charge is 0.345 e. The summed E-state index contributed by atoms with van der Waals surface area (Å²) in [6, 6.07) is 0. The fraction of sp³-hybridized carbons (Fsp3) is 0.722. The topological polar surface area (TPSA) is 69.3 Å². The Morgan fingerprint density at radius 3 is 2.79 bits per heavy atom. The molecule has 0 aromatic carbocycles. The monoisotopic (exact) mass is 330 g/mol. The molecule has 6 nitrogen and oxygen atoms in total. The van der Waals surface area contributed by atoms with Gasteiger partial charge >= 0.3 is 0 Å². The summed E-state index contributed by atoms with van der Waals surface area (Å²) < 4.78 is 0. The number of piperidine rings is 1. The van der Waals surface area contributed by atoms with Crippen molar-refractivity contribution in [1.29, 1.82) is 0 Å². The smallest absolute Gasteiger partial charge is 0.257 e. The molecule has 2 saturated heterocycles.